The molecule has 2 aromatic rings. The van der Waals surface area contributed by atoms with Gasteiger partial charge in [-0.05, 0) is 0 Å². The van der Waals surface area contributed by atoms with E-state index in [0.717, 1.165) is 0 Å². The van der Waals surface area contributed by atoms with E-state index < -0.39 is 10.0 Å². The molecular formula is C15H17NO2SSe. The summed E-state index contributed by atoms with van der Waals surface area (Å²) < 4.78 is 27.1. The van der Waals surface area contributed by atoms with Crippen molar-refractivity contribution in [3.63, 3.8) is 0 Å². The van der Waals surface area contributed by atoms with Crippen molar-refractivity contribution in [2.45, 2.75) is 5.32 Å². The van der Waals surface area contributed by atoms with Crippen LogP contribution >= 0.6 is 0 Å². The number of para-hydroxylation sites is 1. The first-order valence-electron chi connectivity index (χ1n) is 6.29. The zero-order chi connectivity index (χ0) is 14.4. The molecule has 0 aliphatic carbocycles. The Balaban J connectivity index is 1.94. The molecule has 2 rings (SSSR count). The van der Waals surface area contributed by atoms with Gasteiger partial charge in [-0.2, -0.15) is 0 Å². The summed E-state index contributed by atoms with van der Waals surface area (Å²) in [7, 11) is -1.62. The molecule has 0 N–H and O–H groups in total. The molecule has 0 aliphatic heterocycles. The molecule has 0 atom stereocenters. The van der Waals surface area contributed by atoms with Gasteiger partial charge in [0, 0.05) is 0 Å². The average molecular weight is 354 g/mol. The molecule has 0 unspecified atom stereocenters. The van der Waals surface area contributed by atoms with Crippen LogP contribution in [-0.2, 0) is 10.0 Å². The van der Waals surface area contributed by atoms with Crippen LogP contribution in [0.3, 0.4) is 0 Å². The molecule has 0 heterocycles. The molecule has 0 aromatic heterocycles. The van der Waals surface area contributed by atoms with Crippen molar-refractivity contribution in [3.8, 4) is 0 Å². The Bertz CT molecular complexity index is 629. The van der Waals surface area contributed by atoms with Gasteiger partial charge in [0.05, 0.1) is 0 Å². The van der Waals surface area contributed by atoms with Gasteiger partial charge >= 0.3 is 127 Å². The Labute approximate surface area is 126 Å². The summed E-state index contributed by atoms with van der Waals surface area (Å²) in [5.74, 6) is 0.188. The van der Waals surface area contributed by atoms with E-state index >= 15 is 0 Å². The SMILES string of the molecule is CN(c1ccccc1)S(=O)(=O)CC[Se]c1ccccc1. The Hall–Kier alpha value is -1.29. The minimum absolute atomic E-state index is 0.188. The average Bonchev–Trinajstić information content (AvgIpc) is 2.48. The summed E-state index contributed by atoms with van der Waals surface area (Å²) >= 11 is 0.200. The number of rotatable bonds is 6. The van der Waals surface area contributed by atoms with E-state index in [2.05, 4.69) is 0 Å². The summed E-state index contributed by atoms with van der Waals surface area (Å²) in [6, 6.07) is 19.2. The first-order valence-corrected chi connectivity index (χ1v) is 9.97. The molecule has 0 spiro atoms. The minimum atomic E-state index is -3.23. The normalized spacial score (nSPS) is 11.2. The van der Waals surface area contributed by atoms with Gasteiger partial charge in [-0.1, -0.05) is 0 Å². The van der Waals surface area contributed by atoms with Gasteiger partial charge in [0.15, 0.2) is 0 Å². The van der Waals surface area contributed by atoms with Crippen LogP contribution in [0.1, 0.15) is 0 Å². The number of anilines is 1. The maximum atomic E-state index is 12.3. The fraction of sp³-hybridized carbons (Fsp3) is 0.200. The van der Waals surface area contributed by atoms with E-state index in [0.29, 0.717) is 11.0 Å². The predicted molar refractivity (Wildman–Crippen MR) is 85.3 cm³/mol. The van der Waals surface area contributed by atoms with E-state index in [1.165, 1.54) is 8.77 Å². The van der Waals surface area contributed by atoms with Gasteiger partial charge in [0.25, 0.3) is 0 Å². The first kappa shape index (κ1) is 15.1. The number of hydrogen-bond acceptors (Lipinski definition) is 2. The Morgan fingerprint density at radius 1 is 0.950 bits per heavy atom. The van der Waals surface area contributed by atoms with Gasteiger partial charge in [-0.25, -0.2) is 0 Å². The second kappa shape index (κ2) is 6.93. The number of hydrogen-bond donors (Lipinski definition) is 0. The van der Waals surface area contributed by atoms with E-state index in [9.17, 15) is 8.42 Å². The standard InChI is InChI=1S/C15H17NO2SSe/c1-16(14-8-4-2-5-9-14)19(17,18)12-13-20-15-10-6-3-7-11-15/h2-11H,12-13H2,1H3. The summed E-state index contributed by atoms with van der Waals surface area (Å²) in [6.07, 6.45) is 0. The Kier molecular flexibility index (Phi) is 5.23. The third-order valence-corrected chi connectivity index (χ3v) is 7.37. The van der Waals surface area contributed by atoms with Gasteiger partial charge < -0.3 is 0 Å². The molecule has 5 heteroatoms. The van der Waals surface area contributed by atoms with Crippen molar-refractivity contribution < 1.29 is 8.42 Å². The Morgan fingerprint density at radius 2 is 1.50 bits per heavy atom. The topological polar surface area (TPSA) is 37.4 Å². The van der Waals surface area contributed by atoms with Crippen LogP contribution in [0.4, 0.5) is 5.69 Å². The van der Waals surface area contributed by atoms with E-state index in [1.807, 2.05) is 48.5 Å². The second-order valence-electron chi connectivity index (χ2n) is 4.28. The molecule has 106 valence electrons. The fourth-order valence-electron chi connectivity index (χ4n) is 1.72. The van der Waals surface area contributed by atoms with Crippen LogP contribution in [0, 0.1) is 0 Å². The zero-order valence-corrected chi connectivity index (χ0v) is 13.8. The molecule has 0 fully saturated rings. The molecule has 3 nitrogen and oxygen atoms in total. The predicted octanol–water partition coefficient (Wildman–Crippen LogP) is 1.90. The van der Waals surface area contributed by atoms with Gasteiger partial charge in [0.2, 0.25) is 0 Å². The van der Waals surface area contributed by atoms with Crippen molar-refractivity contribution in [2.24, 2.45) is 0 Å². The molecule has 0 saturated carbocycles. The second-order valence-corrected chi connectivity index (χ2v) is 8.85. The summed E-state index contributed by atoms with van der Waals surface area (Å²) in [4.78, 5) is 0. The van der Waals surface area contributed by atoms with Crippen molar-refractivity contribution in [2.75, 3.05) is 17.1 Å². The molecular weight excluding hydrogens is 337 g/mol. The molecule has 20 heavy (non-hydrogen) atoms. The van der Waals surface area contributed by atoms with E-state index in [-0.39, 0.29) is 20.7 Å². The van der Waals surface area contributed by atoms with E-state index in [4.69, 9.17) is 0 Å². The van der Waals surface area contributed by atoms with Gasteiger partial charge in [0.1, 0.15) is 0 Å². The van der Waals surface area contributed by atoms with Crippen molar-refractivity contribution in [1.82, 2.24) is 0 Å². The Morgan fingerprint density at radius 3 is 2.10 bits per heavy atom. The molecule has 0 bridgehead atoms. The van der Waals surface area contributed by atoms with Crippen LogP contribution in [0.2, 0.25) is 5.32 Å². The van der Waals surface area contributed by atoms with Crippen molar-refractivity contribution >= 4 is 35.1 Å². The van der Waals surface area contributed by atoms with Crippen LogP contribution in [0.25, 0.3) is 0 Å². The molecule has 0 aliphatic rings. The van der Waals surface area contributed by atoms with Gasteiger partial charge in [-0.3, -0.25) is 0 Å². The number of benzene rings is 2. The molecule has 0 radical (unpaired) electrons. The quantitative estimate of drug-likeness (QED) is 0.743. The van der Waals surface area contributed by atoms with Crippen LogP contribution in [-0.4, -0.2) is 36.2 Å². The van der Waals surface area contributed by atoms with Crippen LogP contribution in [0.15, 0.2) is 60.7 Å². The van der Waals surface area contributed by atoms with Crippen LogP contribution in [0.5, 0.6) is 0 Å². The molecule has 0 saturated heterocycles. The number of sulfonamides is 1. The van der Waals surface area contributed by atoms with Gasteiger partial charge in [-0.15, -0.1) is 0 Å². The summed E-state index contributed by atoms with van der Waals surface area (Å²) in [5.41, 5.74) is 0.708. The van der Waals surface area contributed by atoms with Crippen molar-refractivity contribution in [1.29, 1.82) is 0 Å². The third kappa shape index (κ3) is 4.10. The number of nitrogens with zero attached hydrogens (tertiary/aromatic N) is 1. The van der Waals surface area contributed by atoms with E-state index in [1.54, 1.807) is 19.2 Å². The summed E-state index contributed by atoms with van der Waals surface area (Å²) in [6.45, 7) is 0. The summed E-state index contributed by atoms with van der Waals surface area (Å²) in [5, 5.41) is 0.691. The van der Waals surface area contributed by atoms with Crippen LogP contribution < -0.4 is 8.77 Å². The first-order chi connectivity index (χ1) is 9.59. The third-order valence-electron chi connectivity index (χ3n) is 2.89. The maximum absolute atomic E-state index is 12.3. The fourth-order valence-corrected chi connectivity index (χ4v) is 5.81. The van der Waals surface area contributed by atoms with Crippen molar-refractivity contribution in [3.05, 3.63) is 60.7 Å². The monoisotopic (exact) mass is 355 g/mol. The molecule has 2 aromatic carbocycles. The molecule has 0 amide bonds. The zero-order valence-electron chi connectivity index (χ0n) is 11.3.